The first-order chi connectivity index (χ1) is 5.47. The summed E-state index contributed by atoms with van der Waals surface area (Å²) in [6, 6.07) is 3.01. The number of aromatic nitrogens is 2. The van der Waals surface area contributed by atoms with Crippen LogP contribution in [-0.4, -0.2) is 36.5 Å². The Bertz CT molecular complexity index is 203. The summed E-state index contributed by atoms with van der Waals surface area (Å²) in [6.45, 7) is 3.42. The second-order valence-corrected chi connectivity index (χ2v) is 2.45. The monoisotopic (exact) mass is 152 g/mol. The SMILES string of the molecule is [c]1c[nH]nc1N1CCOCC1. The van der Waals surface area contributed by atoms with E-state index in [1.165, 1.54) is 0 Å². The molecule has 0 unspecified atom stereocenters. The largest absolute Gasteiger partial charge is 0.378 e. The molecule has 1 N–H and O–H groups in total. The number of anilines is 1. The topological polar surface area (TPSA) is 41.2 Å². The zero-order valence-corrected chi connectivity index (χ0v) is 6.21. The molecule has 0 saturated carbocycles. The Hall–Kier alpha value is -1.03. The van der Waals surface area contributed by atoms with E-state index in [4.69, 9.17) is 4.74 Å². The van der Waals surface area contributed by atoms with E-state index in [0.29, 0.717) is 0 Å². The van der Waals surface area contributed by atoms with Crippen molar-refractivity contribution in [2.45, 2.75) is 0 Å². The van der Waals surface area contributed by atoms with Gasteiger partial charge in [0.05, 0.1) is 13.2 Å². The van der Waals surface area contributed by atoms with Crippen LogP contribution in [0.5, 0.6) is 0 Å². The van der Waals surface area contributed by atoms with Crippen LogP contribution >= 0.6 is 0 Å². The lowest BCUT2D eigenvalue weighted by Crippen LogP contribution is -2.36. The van der Waals surface area contributed by atoms with Crippen molar-refractivity contribution in [2.24, 2.45) is 0 Å². The lowest BCUT2D eigenvalue weighted by Gasteiger charge is -2.26. The van der Waals surface area contributed by atoms with Crippen LogP contribution in [0.1, 0.15) is 0 Å². The van der Waals surface area contributed by atoms with Gasteiger partial charge in [-0.1, -0.05) is 0 Å². The van der Waals surface area contributed by atoms with Gasteiger partial charge in [-0.3, -0.25) is 5.10 Å². The highest BCUT2D eigenvalue weighted by atomic mass is 16.5. The van der Waals surface area contributed by atoms with E-state index in [1.807, 2.05) is 0 Å². The smallest absolute Gasteiger partial charge is 0.158 e. The summed E-state index contributed by atoms with van der Waals surface area (Å²) in [5.74, 6) is 0.897. The number of nitrogens with one attached hydrogen (secondary N) is 1. The summed E-state index contributed by atoms with van der Waals surface area (Å²) in [5.41, 5.74) is 0. The van der Waals surface area contributed by atoms with Crippen molar-refractivity contribution in [1.82, 2.24) is 10.2 Å². The number of H-pyrrole nitrogens is 1. The molecule has 0 bridgehead atoms. The van der Waals surface area contributed by atoms with Crippen molar-refractivity contribution < 1.29 is 4.74 Å². The normalized spacial score (nSPS) is 18.7. The summed E-state index contributed by atoms with van der Waals surface area (Å²) in [7, 11) is 0. The summed E-state index contributed by atoms with van der Waals surface area (Å²) in [5, 5.41) is 6.77. The molecule has 11 heavy (non-hydrogen) atoms. The maximum atomic E-state index is 5.20. The molecule has 0 spiro atoms. The van der Waals surface area contributed by atoms with Gasteiger partial charge in [0, 0.05) is 25.4 Å². The average Bonchev–Trinajstić information content (AvgIpc) is 2.58. The standard InChI is InChI=1S/C7H10N3O/c1-2-8-9-7(1)10-3-5-11-6-4-10/h2H,3-6H2,(H,8,9). The lowest BCUT2D eigenvalue weighted by atomic mass is 10.4. The van der Waals surface area contributed by atoms with Crippen LogP contribution in [0.15, 0.2) is 6.20 Å². The van der Waals surface area contributed by atoms with Crippen molar-refractivity contribution >= 4 is 5.82 Å². The van der Waals surface area contributed by atoms with Gasteiger partial charge < -0.3 is 9.64 Å². The minimum Gasteiger partial charge on any atom is -0.378 e. The average molecular weight is 152 g/mol. The van der Waals surface area contributed by atoms with Crippen molar-refractivity contribution in [2.75, 3.05) is 31.2 Å². The molecule has 4 nitrogen and oxygen atoms in total. The van der Waals surface area contributed by atoms with Gasteiger partial charge in [0.1, 0.15) is 0 Å². The second-order valence-electron chi connectivity index (χ2n) is 2.45. The fourth-order valence-electron chi connectivity index (χ4n) is 1.16. The lowest BCUT2D eigenvalue weighted by molar-refractivity contribution is 0.122. The van der Waals surface area contributed by atoms with E-state index >= 15 is 0 Å². The Morgan fingerprint density at radius 3 is 3.00 bits per heavy atom. The molecule has 0 atom stereocenters. The molecule has 2 rings (SSSR count). The first-order valence-corrected chi connectivity index (χ1v) is 3.71. The van der Waals surface area contributed by atoms with E-state index in [-0.39, 0.29) is 0 Å². The Kier molecular flexibility index (Phi) is 1.77. The highest BCUT2D eigenvalue weighted by Crippen LogP contribution is 2.08. The molecule has 1 aromatic rings. The molecule has 0 aromatic carbocycles. The first-order valence-electron chi connectivity index (χ1n) is 3.71. The molecule has 1 aromatic heterocycles. The molecule has 2 heterocycles. The summed E-state index contributed by atoms with van der Waals surface area (Å²) < 4.78 is 5.20. The highest BCUT2D eigenvalue weighted by molar-refractivity contribution is 5.35. The van der Waals surface area contributed by atoms with E-state index in [1.54, 1.807) is 6.20 Å². The highest BCUT2D eigenvalue weighted by Gasteiger charge is 2.11. The van der Waals surface area contributed by atoms with E-state index < -0.39 is 0 Å². The number of aromatic amines is 1. The first kappa shape index (κ1) is 6.67. The van der Waals surface area contributed by atoms with Crippen LogP contribution in [0.25, 0.3) is 0 Å². The molecule has 1 aliphatic rings. The van der Waals surface area contributed by atoms with Gasteiger partial charge in [0.15, 0.2) is 5.82 Å². The Morgan fingerprint density at radius 1 is 1.55 bits per heavy atom. The minimum absolute atomic E-state index is 0.792. The molecule has 1 aliphatic heterocycles. The van der Waals surface area contributed by atoms with Gasteiger partial charge in [-0.25, -0.2) is 0 Å². The number of rotatable bonds is 1. The third-order valence-corrected chi connectivity index (χ3v) is 1.75. The predicted octanol–water partition coefficient (Wildman–Crippen LogP) is 0.0465. The van der Waals surface area contributed by atoms with Gasteiger partial charge >= 0.3 is 0 Å². The Labute approximate surface area is 65.2 Å². The number of hydrogen-bond donors (Lipinski definition) is 1. The van der Waals surface area contributed by atoms with Crippen LogP contribution in [-0.2, 0) is 4.74 Å². The summed E-state index contributed by atoms with van der Waals surface area (Å²) >= 11 is 0. The van der Waals surface area contributed by atoms with Crippen molar-refractivity contribution in [3.05, 3.63) is 12.3 Å². The second kappa shape index (κ2) is 2.92. The van der Waals surface area contributed by atoms with Crippen molar-refractivity contribution in [3.63, 3.8) is 0 Å². The molecular formula is C7H10N3O. The molecule has 0 aliphatic carbocycles. The third kappa shape index (κ3) is 1.35. The number of hydrogen-bond acceptors (Lipinski definition) is 3. The van der Waals surface area contributed by atoms with Gasteiger partial charge in [0.25, 0.3) is 0 Å². The van der Waals surface area contributed by atoms with Crippen LogP contribution in [0.2, 0.25) is 0 Å². The molecular weight excluding hydrogens is 142 g/mol. The molecule has 1 radical (unpaired) electrons. The van der Waals surface area contributed by atoms with Gasteiger partial charge in [0.2, 0.25) is 0 Å². The van der Waals surface area contributed by atoms with E-state index in [2.05, 4.69) is 21.2 Å². The van der Waals surface area contributed by atoms with Crippen LogP contribution in [0.4, 0.5) is 5.82 Å². The number of nitrogens with zero attached hydrogens (tertiary/aromatic N) is 2. The van der Waals surface area contributed by atoms with Crippen molar-refractivity contribution in [1.29, 1.82) is 0 Å². The molecule has 4 heteroatoms. The zero-order valence-electron chi connectivity index (χ0n) is 6.21. The summed E-state index contributed by atoms with van der Waals surface area (Å²) in [6.07, 6.45) is 1.71. The molecule has 59 valence electrons. The van der Waals surface area contributed by atoms with E-state index in [0.717, 1.165) is 32.1 Å². The number of ether oxygens (including phenoxy) is 1. The van der Waals surface area contributed by atoms with Crippen molar-refractivity contribution in [3.8, 4) is 0 Å². The quantitative estimate of drug-likeness (QED) is 0.618. The van der Waals surface area contributed by atoms with Gasteiger partial charge in [-0.05, 0) is 0 Å². The van der Waals surface area contributed by atoms with Crippen LogP contribution < -0.4 is 4.90 Å². The number of morpholine rings is 1. The van der Waals surface area contributed by atoms with Crippen LogP contribution in [0, 0.1) is 6.07 Å². The maximum Gasteiger partial charge on any atom is 0.158 e. The Morgan fingerprint density at radius 2 is 2.36 bits per heavy atom. The Balaban J connectivity index is 2.04. The van der Waals surface area contributed by atoms with Gasteiger partial charge in [-0.15, -0.1) is 0 Å². The zero-order chi connectivity index (χ0) is 7.52. The maximum absolute atomic E-state index is 5.20. The molecule has 0 amide bonds. The third-order valence-electron chi connectivity index (χ3n) is 1.75. The fourth-order valence-corrected chi connectivity index (χ4v) is 1.16. The molecule has 1 saturated heterocycles. The van der Waals surface area contributed by atoms with Crippen LogP contribution in [0.3, 0.4) is 0 Å². The van der Waals surface area contributed by atoms with Gasteiger partial charge in [-0.2, -0.15) is 5.10 Å². The van der Waals surface area contributed by atoms with E-state index in [9.17, 15) is 0 Å². The summed E-state index contributed by atoms with van der Waals surface area (Å²) in [4.78, 5) is 2.15. The minimum atomic E-state index is 0.792. The predicted molar refractivity (Wildman–Crippen MR) is 40.5 cm³/mol. The molecule has 1 fully saturated rings. The fraction of sp³-hybridized carbons (Fsp3) is 0.571.